The fourth-order valence-corrected chi connectivity index (χ4v) is 2.22. The lowest BCUT2D eigenvalue weighted by atomic mass is 10.4. The molecule has 1 atom stereocenters. The molecule has 1 unspecified atom stereocenters. The molecule has 4 heteroatoms. The van der Waals surface area contributed by atoms with Gasteiger partial charge in [-0.15, -0.1) is 11.8 Å². The van der Waals surface area contributed by atoms with E-state index in [1.165, 1.54) is 0 Å². The lowest BCUT2D eigenvalue weighted by Gasteiger charge is -2.00. The molecular formula is C9H8Cl2OS. The van der Waals surface area contributed by atoms with Crippen LogP contribution in [0.25, 0.3) is 0 Å². The number of epoxide rings is 1. The zero-order chi connectivity index (χ0) is 9.26. The molecule has 1 aromatic carbocycles. The third-order valence-electron chi connectivity index (χ3n) is 1.73. The van der Waals surface area contributed by atoms with Crippen LogP contribution in [0.1, 0.15) is 0 Å². The Morgan fingerprint density at radius 2 is 2.15 bits per heavy atom. The van der Waals surface area contributed by atoms with Gasteiger partial charge in [-0.1, -0.05) is 23.2 Å². The minimum absolute atomic E-state index is 0.444. The van der Waals surface area contributed by atoms with Crippen LogP contribution in [0.5, 0.6) is 0 Å². The summed E-state index contributed by atoms with van der Waals surface area (Å²) in [5.41, 5.74) is 0. The van der Waals surface area contributed by atoms with Gasteiger partial charge in [-0.3, -0.25) is 0 Å². The van der Waals surface area contributed by atoms with Gasteiger partial charge in [0, 0.05) is 10.6 Å². The van der Waals surface area contributed by atoms with Crippen molar-refractivity contribution in [3.8, 4) is 0 Å². The van der Waals surface area contributed by atoms with Crippen molar-refractivity contribution in [2.45, 2.75) is 11.0 Å². The lowest BCUT2D eigenvalue weighted by molar-refractivity contribution is 0.426. The van der Waals surface area contributed by atoms with Crippen LogP contribution in [-0.4, -0.2) is 18.5 Å². The summed E-state index contributed by atoms with van der Waals surface area (Å²) in [6.45, 7) is 0.897. The van der Waals surface area contributed by atoms with E-state index in [1.807, 2.05) is 18.2 Å². The molecule has 0 aliphatic carbocycles. The van der Waals surface area contributed by atoms with Gasteiger partial charge < -0.3 is 4.74 Å². The fourth-order valence-electron chi connectivity index (χ4n) is 0.920. The molecule has 2 rings (SSSR count). The molecule has 0 aromatic heterocycles. The summed E-state index contributed by atoms with van der Waals surface area (Å²) in [5.74, 6) is 0.998. The second-order valence-electron chi connectivity index (χ2n) is 2.84. The quantitative estimate of drug-likeness (QED) is 0.587. The predicted molar refractivity (Wildman–Crippen MR) is 56.9 cm³/mol. The van der Waals surface area contributed by atoms with Crippen LogP contribution in [0, 0.1) is 0 Å². The normalized spacial score (nSPS) is 20.3. The molecule has 1 aromatic rings. The second-order valence-corrected chi connectivity index (χ2v) is 4.75. The maximum Gasteiger partial charge on any atom is 0.0903 e. The first-order valence-corrected chi connectivity index (χ1v) is 5.69. The number of ether oxygens (including phenoxy) is 1. The molecule has 1 saturated heterocycles. The predicted octanol–water partition coefficient (Wildman–Crippen LogP) is 3.48. The number of hydrogen-bond acceptors (Lipinski definition) is 2. The van der Waals surface area contributed by atoms with Crippen LogP contribution in [0.15, 0.2) is 23.1 Å². The monoisotopic (exact) mass is 234 g/mol. The van der Waals surface area contributed by atoms with Gasteiger partial charge in [0.1, 0.15) is 0 Å². The highest BCUT2D eigenvalue weighted by molar-refractivity contribution is 7.99. The van der Waals surface area contributed by atoms with Crippen molar-refractivity contribution >= 4 is 35.0 Å². The second kappa shape index (κ2) is 4.09. The van der Waals surface area contributed by atoms with Gasteiger partial charge in [-0.2, -0.15) is 0 Å². The molecule has 0 radical (unpaired) electrons. The molecule has 1 aliphatic rings. The molecular weight excluding hydrogens is 227 g/mol. The minimum Gasteiger partial charge on any atom is -0.372 e. The van der Waals surface area contributed by atoms with E-state index < -0.39 is 0 Å². The molecule has 1 heterocycles. The first kappa shape index (κ1) is 9.66. The van der Waals surface area contributed by atoms with Crippen LogP contribution in [-0.2, 0) is 4.74 Å². The Bertz CT molecular complexity index is 312. The van der Waals surface area contributed by atoms with Crippen LogP contribution in [0.2, 0.25) is 10.0 Å². The van der Waals surface area contributed by atoms with E-state index in [1.54, 1.807) is 11.8 Å². The summed E-state index contributed by atoms with van der Waals surface area (Å²) in [4.78, 5) is 1.14. The summed E-state index contributed by atoms with van der Waals surface area (Å²) in [6.07, 6.45) is 0.444. The van der Waals surface area contributed by atoms with Crippen LogP contribution >= 0.6 is 35.0 Å². The molecule has 70 valence electrons. The van der Waals surface area contributed by atoms with Gasteiger partial charge in [0.2, 0.25) is 0 Å². The average Bonchev–Trinajstić information content (AvgIpc) is 2.91. The molecule has 0 saturated carbocycles. The first-order chi connectivity index (χ1) is 6.25. The highest BCUT2D eigenvalue weighted by Crippen LogP contribution is 2.29. The van der Waals surface area contributed by atoms with Crippen LogP contribution in [0.4, 0.5) is 0 Å². The third-order valence-corrected chi connectivity index (χ3v) is 3.59. The molecule has 1 nitrogen and oxygen atoms in total. The maximum atomic E-state index is 5.87. The van der Waals surface area contributed by atoms with Gasteiger partial charge in [-0.25, -0.2) is 0 Å². The fraction of sp³-hybridized carbons (Fsp3) is 0.333. The van der Waals surface area contributed by atoms with Gasteiger partial charge in [-0.05, 0) is 18.2 Å². The number of rotatable bonds is 3. The molecule has 1 fully saturated rings. The molecule has 13 heavy (non-hydrogen) atoms. The topological polar surface area (TPSA) is 12.5 Å². The molecule has 0 amide bonds. The SMILES string of the molecule is Clc1ccc(SCC2CO2)cc1Cl. The summed E-state index contributed by atoms with van der Waals surface area (Å²) >= 11 is 13.4. The van der Waals surface area contributed by atoms with Crippen molar-refractivity contribution in [2.75, 3.05) is 12.4 Å². The third kappa shape index (κ3) is 2.78. The van der Waals surface area contributed by atoms with Crippen molar-refractivity contribution in [1.29, 1.82) is 0 Å². The summed E-state index contributed by atoms with van der Waals surface area (Å²) < 4.78 is 5.10. The van der Waals surface area contributed by atoms with Gasteiger partial charge in [0.05, 0.1) is 22.8 Å². The van der Waals surface area contributed by atoms with E-state index >= 15 is 0 Å². The Morgan fingerprint density at radius 1 is 1.38 bits per heavy atom. The summed E-state index contributed by atoms with van der Waals surface area (Å²) in [5, 5.41) is 1.22. The minimum atomic E-state index is 0.444. The van der Waals surface area contributed by atoms with Gasteiger partial charge in [0.15, 0.2) is 0 Å². The average molecular weight is 235 g/mol. The molecule has 0 N–H and O–H groups in total. The Hall–Kier alpha value is 0.110. The van der Waals surface area contributed by atoms with Crippen molar-refractivity contribution in [3.05, 3.63) is 28.2 Å². The molecule has 0 bridgehead atoms. The van der Waals surface area contributed by atoms with Crippen LogP contribution < -0.4 is 0 Å². The number of benzene rings is 1. The zero-order valence-electron chi connectivity index (χ0n) is 6.80. The Labute approximate surface area is 91.4 Å². The zero-order valence-corrected chi connectivity index (χ0v) is 9.12. The number of thioether (sulfide) groups is 1. The van der Waals surface area contributed by atoms with Gasteiger partial charge in [0.25, 0.3) is 0 Å². The van der Waals surface area contributed by atoms with Crippen molar-refractivity contribution in [1.82, 2.24) is 0 Å². The summed E-state index contributed by atoms with van der Waals surface area (Å²) in [6, 6.07) is 5.68. The first-order valence-electron chi connectivity index (χ1n) is 3.95. The Morgan fingerprint density at radius 3 is 2.77 bits per heavy atom. The highest BCUT2D eigenvalue weighted by atomic mass is 35.5. The summed E-state index contributed by atoms with van der Waals surface area (Å²) in [7, 11) is 0. The maximum absolute atomic E-state index is 5.87. The van der Waals surface area contributed by atoms with Crippen LogP contribution in [0.3, 0.4) is 0 Å². The van der Waals surface area contributed by atoms with Crippen molar-refractivity contribution in [2.24, 2.45) is 0 Å². The lowest BCUT2D eigenvalue weighted by Crippen LogP contribution is -1.88. The van der Waals surface area contributed by atoms with Gasteiger partial charge >= 0.3 is 0 Å². The van der Waals surface area contributed by atoms with E-state index in [2.05, 4.69) is 0 Å². The standard InChI is InChI=1S/C9H8Cl2OS/c10-8-2-1-7(3-9(8)11)13-5-6-4-12-6/h1-3,6H,4-5H2. The van der Waals surface area contributed by atoms with E-state index in [9.17, 15) is 0 Å². The van der Waals surface area contributed by atoms with E-state index in [0.29, 0.717) is 16.1 Å². The van der Waals surface area contributed by atoms with Crippen molar-refractivity contribution in [3.63, 3.8) is 0 Å². The molecule has 0 spiro atoms. The van der Waals surface area contributed by atoms with E-state index in [-0.39, 0.29) is 0 Å². The Kier molecular flexibility index (Phi) is 3.04. The largest absolute Gasteiger partial charge is 0.372 e. The molecule has 1 aliphatic heterocycles. The highest BCUT2D eigenvalue weighted by Gasteiger charge is 2.22. The number of halogens is 2. The van der Waals surface area contributed by atoms with E-state index in [4.69, 9.17) is 27.9 Å². The smallest absolute Gasteiger partial charge is 0.0903 e. The van der Waals surface area contributed by atoms with E-state index in [0.717, 1.165) is 17.3 Å². The Balaban J connectivity index is 1.98. The number of hydrogen-bond donors (Lipinski definition) is 0. The van der Waals surface area contributed by atoms with Crippen molar-refractivity contribution < 1.29 is 4.74 Å².